The predicted octanol–water partition coefficient (Wildman–Crippen LogP) is 0.453. The molecule has 0 aliphatic carbocycles. The number of rotatable bonds is 2. The summed E-state index contributed by atoms with van der Waals surface area (Å²) in [5.74, 6) is 6.02. The molecule has 0 aliphatic rings. The molecule has 74 valence electrons. The molecule has 1 aromatic heterocycles. The molecule has 1 rings (SSSR count). The van der Waals surface area contributed by atoms with Gasteiger partial charge in [-0.3, -0.25) is 4.90 Å². The maximum atomic E-state index is 5.51. The fraction of sp³-hybridized carbons (Fsp3) is 0.364. The van der Waals surface area contributed by atoms with E-state index in [1.54, 1.807) is 6.20 Å². The summed E-state index contributed by atoms with van der Waals surface area (Å²) in [5, 5.41) is 0. The SMILES string of the molecule is CN(C)CC#Cc1cc(CN)ccn1. The van der Waals surface area contributed by atoms with Gasteiger partial charge >= 0.3 is 0 Å². The normalized spacial score (nSPS) is 9.71. The van der Waals surface area contributed by atoms with Crippen LogP contribution in [0.2, 0.25) is 0 Å². The molecule has 3 heteroatoms. The van der Waals surface area contributed by atoms with E-state index < -0.39 is 0 Å². The Balaban J connectivity index is 2.69. The van der Waals surface area contributed by atoms with Crippen LogP contribution in [0.5, 0.6) is 0 Å². The van der Waals surface area contributed by atoms with Crippen LogP contribution in [0.1, 0.15) is 11.3 Å². The minimum atomic E-state index is 0.533. The van der Waals surface area contributed by atoms with Gasteiger partial charge in [0.15, 0.2) is 0 Å². The standard InChI is InChI=1S/C11H15N3/c1-14(2)7-3-4-11-8-10(9-12)5-6-13-11/h5-6,8H,7,9,12H2,1-2H3. The topological polar surface area (TPSA) is 42.1 Å². The van der Waals surface area contributed by atoms with Crippen molar-refractivity contribution >= 4 is 0 Å². The fourth-order valence-corrected chi connectivity index (χ4v) is 0.958. The first-order valence-electron chi connectivity index (χ1n) is 4.51. The molecule has 14 heavy (non-hydrogen) atoms. The third-order valence-electron chi connectivity index (χ3n) is 1.67. The van der Waals surface area contributed by atoms with E-state index in [0.29, 0.717) is 6.54 Å². The van der Waals surface area contributed by atoms with Crippen LogP contribution < -0.4 is 5.73 Å². The quantitative estimate of drug-likeness (QED) is 0.687. The molecular formula is C11H15N3. The monoisotopic (exact) mass is 189 g/mol. The highest BCUT2D eigenvalue weighted by molar-refractivity contribution is 5.30. The molecule has 0 spiro atoms. The highest BCUT2D eigenvalue weighted by Gasteiger charge is 1.91. The van der Waals surface area contributed by atoms with Crippen molar-refractivity contribution in [3.8, 4) is 11.8 Å². The third kappa shape index (κ3) is 3.56. The van der Waals surface area contributed by atoms with E-state index in [9.17, 15) is 0 Å². The Morgan fingerprint density at radius 3 is 2.93 bits per heavy atom. The van der Waals surface area contributed by atoms with Gasteiger partial charge in [0.05, 0.1) is 6.54 Å². The van der Waals surface area contributed by atoms with Crippen molar-refractivity contribution in [3.05, 3.63) is 29.6 Å². The van der Waals surface area contributed by atoms with Crippen LogP contribution in [0.15, 0.2) is 18.3 Å². The Morgan fingerprint density at radius 2 is 2.29 bits per heavy atom. The molecule has 0 unspecified atom stereocenters. The second-order valence-corrected chi connectivity index (χ2v) is 3.29. The molecule has 0 bridgehead atoms. The zero-order chi connectivity index (χ0) is 10.4. The lowest BCUT2D eigenvalue weighted by Crippen LogP contribution is -2.10. The summed E-state index contributed by atoms with van der Waals surface area (Å²) in [6.07, 6.45) is 1.74. The molecule has 0 aromatic carbocycles. The minimum absolute atomic E-state index is 0.533. The predicted molar refractivity (Wildman–Crippen MR) is 57.6 cm³/mol. The van der Waals surface area contributed by atoms with Gasteiger partial charge in [-0.1, -0.05) is 5.92 Å². The molecule has 1 aromatic rings. The fourth-order valence-electron chi connectivity index (χ4n) is 0.958. The molecule has 0 radical (unpaired) electrons. The first kappa shape index (κ1) is 10.7. The zero-order valence-corrected chi connectivity index (χ0v) is 8.62. The maximum absolute atomic E-state index is 5.51. The molecule has 2 N–H and O–H groups in total. The van der Waals surface area contributed by atoms with Gasteiger partial charge in [0.25, 0.3) is 0 Å². The first-order valence-corrected chi connectivity index (χ1v) is 4.51. The van der Waals surface area contributed by atoms with Crippen molar-refractivity contribution in [2.24, 2.45) is 5.73 Å². The smallest absolute Gasteiger partial charge is 0.113 e. The summed E-state index contributed by atoms with van der Waals surface area (Å²) < 4.78 is 0. The number of aromatic nitrogens is 1. The molecule has 1 heterocycles. The van der Waals surface area contributed by atoms with E-state index >= 15 is 0 Å². The van der Waals surface area contributed by atoms with Crippen LogP contribution in [0.25, 0.3) is 0 Å². The summed E-state index contributed by atoms with van der Waals surface area (Å²) in [7, 11) is 3.97. The second kappa shape index (κ2) is 5.38. The van der Waals surface area contributed by atoms with Crippen LogP contribution in [-0.4, -0.2) is 30.5 Å². The zero-order valence-electron chi connectivity index (χ0n) is 8.62. The Kier molecular flexibility index (Phi) is 4.11. The van der Waals surface area contributed by atoms with Crippen LogP contribution in [0.3, 0.4) is 0 Å². The van der Waals surface area contributed by atoms with E-state index in [-0.39, 0.29) is 0 Å². The van der Waals surface area contributed by atoms with E-state index in [0.717, 1.165) is 17.8 Å². The molecule has 0 amide bonds. The van der Waals surface area contributed by atoms with Crippen molar-refractivity contribution < 1.29 is 0 Å². The average molecular weight is 189 g/mol. The van der Waals surface area contributed by atoms with Gasteiger partial charge in [-0.05, 0) is 37.7 Å². The Hall–Kier alpha value is -1.37. The number of hydrogen-bond acceptors (Lipinski definition) is 3. The van der Waals surface area contributed by atoms with Gasteiger partial charge in [-0.15, -0.1) is 0 Å². The summed E-state index contributed by atoms with van der Waals surface area (Å²) in [4.78, 5) is 6.15. The van der Waals surface area contributed by atoms with Crippen LogP contribution in [0, 0.1) is 11.8 Å². The van der Waals surface area contributed by atoms with Gasteiger partial charge in [-0.25, -0.2) is 4.98 Å². The number of hydrogen-bond donors (Lipinski definition) is 1. The lowest BCUT2D eigenvalue weighted by atomic mass is 10.2. The maximum Gasteiger partial charge on any atom is 0.113 e. The first-order chi connectivity index (χ1) is 6.72. The molecule has 3 nitrogen and oxygen atoms in total. The van der Waals surface area contributed by atoms with Gasteiger partial charge < -0.3 is 5.73 Å². The van der Waals surface area contributed by atoms with Gasteiger partial charge in [0.1, 0.15) is 5.69 Å². The average Bonchev–Trinajstić information content (AvgIpc) is 2.18. The van der Waals surface area contributed by atoms with E-state index in [4.69, 9.17) is 5.73 Å². The largest absolute Gasteiger partial charge is 0.326 e. The number of pyridine rings is 1. The highest BCUT2D eigenvalue weighted by atomic mass is 15.0. The van der Waals surface area contributed by atoms with Crippen LogP contribution in [0.4, 0.5) is 0 Å². The van der Waals surface area contributed by atoms with Crippen molar-refractivity contribution in [3.63, 3.8) is 0 Å². The summed E-state index contributed by atoms with van der Waals surface area (Å²) in [6.45, 7) is 1.28. The molecule has 0 saturated heterocycles. The molecular weight excluding hydrogens is 174 g/mol. The lowest BCUT2D eigenvalue weighted by molar-refractivity contribution is 0.464. The molecule has 0 fully saturated rings. The Bertz CT molecular complexity index is 347. The van der Waals surface area contributed by atoms with Gasteiger partial charge in [0, 0.05) is 12.7 Å². The second-order valence-electron chi connectivity index (χ2n) is 3.29. The van der Waals surface area contributed by atoms with Crippen molar-refractivity contribution in [1.82, 2.24) is 9.88 Å². The van der Waals surface area contributed by atoms with Crippen molar-refractivity contribution in [2.45, 2.75) is 6.54 Å². The van der Waals surface area contributed by atoms with Gasteiger partial charge in [0.2, 0.25) is 0 Å². The van der Waals surface area contributed by atoms with E-state index in [1.807, 2.05) is 31.1 Å². The summed E-state index contributed by atoms with van der Waals surface area (Å²) in [5.41, 5.74) is 7.36. The third-order valence-corrected chi connectivity index (χ3v) is 1.67. The Labute approximate surface area is 84.9 Å². The van der Waals surface area contributed by atoms with E-state index in [1.165, 1.54) is 0 Å². The van der Waals surface area contributed by atoms with Crippen LogP contribution >= 0.6 is 0 Å². The number of nitrogens with zero attached hydrogens (tertiary/aromatic N) is 2. The minimum Gasteiger partial charge on any atom is -0.326 e. The number of nitrogens with two attached hydrogens (primary N) is 1. The van der Waals surface area contributed by atoms with Gasteiger partial charge in [-0.2, -0.15) is 0 Å². The lowest BCUT2D eigenvalue weighted by Gasteiger charge is -2.00. The summed E-state index contributed by atoms with van der Waals surface area (Å²) >= 11 is 0. The van der Waals surface area contributed by atoms with Crippen LogP contribution in [-0.2, 0) is 6.54 Å². The molecule has 0 atom stereocenters. The summed E-state index contributed by atoms with van der Waals surface area (Å²) in [6, 6.07) is 3.82. The Morgan fingerprint density at radius 1 is 1.50 bits per heavy atom. The van der Waals surface area contributed by atoms with Crippen molar-refractivity contribution in [2.75, 3.05) is 20.6 Å². The van der Waals surface area contributed by atoms with Crippen molar-refractivity contribution in [1.29, 1.82) is 0 Å². The van der Waals surface area contributed by atoms with E-state index in [2.05, 4.69) is 16.8 Å². The highest BCUT2D eigenvalue weighted by Crippen LogP contribution is 1.98. The molecule has 0 aliphatic heterocycles. The molecule has 0 saturated carbocycles.